The summed E-state index contributed by atoms with van der Waals surface area (Å²) >= 11 is 5.38. The molecule has 3 nitrogen and oxygen atoms in total. The number of Topliss-reactive ketones (excluding diaryl/α,β-unsaturated/α-hetero) is 1. The van der Waals surface area contributed by atoms with Gasteiger partial charge >= 0.3 is 0 Å². The Bertz CT molecular complexity index is 571. The fourth-order valence-corrected chi connectivity index (χ4v) is 1.44. The average molecular weight is 223 g/mol. The lowest BCUT2D eigenvalue weighted by Crippen LogP contribution is -2.07. The molecule has 0 N–H and O–H groups in total. The maximum absolute atomic E-state index is 11.6. The van der Waals surface area contributed by atoms with Crippen LogP contribution in [0.15, 0.2) is 39.5 Å². The van der Waals surface area contributed by atoms with E-state index in [-0.39, 0.29) is 22.9 Å². The molecule has 2 aromatic rings. The van der Waals surface area contributed by atoms with Gasteiger partial charge in [0.15, 0.2) is 11.2 Å². The maximum atomic E-state index is 11.6. The molecule has 1 heterocycles. The topological polar surface area (TPSA) is 47.3 Å². The summed E-state index contributed by atoms with van der Waals surface area (Å²) in [5, 5.41) is 0.462. The summed E-state index contributed by atoms with van der Waals surface area (Å²) in [7, 11) is 0. The Balaban J connectivity index is 2.73. The van der Waals surface area contributed by atoms with Crippen molar-refractivity contribution in [2.75, 3.05) is 5.88 Å². The van der Waals surface area contributed by atoms with Crippen LogP contribution in [0.4, 0.5) is 0 Å². The Hall–Kier alpha value is -1.61. The van der Waals surface area contributed by atoms with E-state index in [1.165, 1.54) is 6.07 Å². The molecule has 1 aromatic heterocycles. The predicted octanol–water partition coefficient (Wildman–Crippen LogP) is 2.21. The summed E-state index contributed by atoms with van der Waals surface area (Å²) in [6.07, 6.45) is 0. The van der Waals surface area contributed by atoms with Gasteiger partial charge in [-0.25, -0.2) is 0 Å². The van der Waals surface area contributed by atoms with E-state index in [0.29, 0.717) is 11.0 Å². The van der Waals surface area contributed by atoms with Gasteiger partial charge in [0.1, 0.15) is 5.58 Å². The van der Waals surface area contributed by atoms with Crippen molar-refractivity contribution in [2.24, 2.45) is 0 Å². The second-order valence-corrected chi connectivity index (χ2v) is 3.30. The highest BCUT2D eigenvalue weighted by molar-refractivity contribution is 6.30. The number of halogens is 1. The quantitative estimate of drug-likeness (QED) is 0.578. The molecule has 0 radical (unpaired) electrons. The zero-order valence-electron chi connectivity index (χ0n) is 7.70. The minimum atomic E-state index is -0.389. The largest absolute Gasteiger partial charge is 0.453 e. The van der Waals surface area contributed by atoms with Crippen molar-refractivity contribution in [3.63, 3.8) is 0 Å². The monoisotopic (exact) mass is 222 g/mol. The summed E-state index contributed by atoms with van der Waals surface area (Å²) in [4.78, 5) is 22.8. The van der Waals surface area contributed by atoms with Gasteiger partial charge in [-0.15, -0.1) is 11.6 Å². The van der Waals surface area contributed by atoms with Crippen LogP contribution in [0.1, 0.15) is 10.6 Å². The van der Waals surface area contributed by atoms with Crippen molar-refractivity contribution in [3.8, 4) is 0 Å². The highest BCUT2D eigenvalue weighted by Crippen LogP contribution is 2.12. The van der Waals surface area contributed by atoms with Gasteiger partial charge < -0.3 is 4.42 Å². The van der Waals surface area contributed by atoms with E-state index in [1.807, 2.05) is 0 Å². The molecule has 4 heteroatoms. The van der Waals surface area contributed by atoms with Gasteiger partial charge in [-0.05, 0) is 12.1 Å². The van der Waals surface area contributed by atoms with E-state index in [9.17, 15) is 9.59 Å². The zero-order valence-corrected chi connectivity index (χ0v) is 8.45. The molecule has 2 rings (SSSR count). The number of para-hydroxylation sites is 1. The number of fused-ring (bicyclic) bond motifs is 1. The number of alkyl halides is 1. The number of rotatable bonds is 2. The first kappa shape index (κ1) is 9.93. The summed E-state index contributed by atoms with van der Waals surface area (Å²) in [6.45, 7) is 0. The van der Waals surface area contributed by atoms with Crippen LogP contribution in [0, 0.1) is 0 Å². The molecule has 0 amide bonds. The van der Waals surface area contributed by atoms with E-state index in [4.69, 9.17) is 16.0 Å². The van der Waals surface area contributed by atoms with E-state index >= 15 is 0 Å². The van der Waals surface area contributed by atoms with E-state index in [1.54, 1.807) is 24.3 Å². The highest BCUT2D eigenvalue weighted by Gasteiger charge is 2.10. The summed E-state index contributed by atoms with van der Waals surface area (Å²) < 4.78 is 5.26. The first-order valence-corrected chi connectivity index (χ1v) is 4.88. The van der Waals surface area contributed by atoms with Crippen molar-refractivity contribution < 1.29 is 9.21 Å². The van der Waals surface area contributed by atoms with Crippen LogP contribution < -0.4 is 5.43 Å². The van der Waals surface area contributed by atoms with Crippen LogP contribution in [0.25, 0.3) is 11.0 Å². The first-order valence-electron chi connectivity index (χ1n) is 4.34. The molecule has 15 heavy (non-hydrogen) atoms. The van der Waals surface area contributed by atoms with Crippen LogP contribution in [0.5, 0.6) is 0 Å². The third kappa shape index (κ3) is 1.78. The lowest BCUT2D eigenvalue weighted by atomic mass is 10.2. The van der Waals surface area contributed by atoms with Crippen molar-refractivity contribution in [1.29, 1.82) is 0 Å². The maximum Gasteiger partial charge on any atom is 0.212 e. The predicted molar refractivity (Wildman–Crippen MR) is 57.5 cm³/mol. The molecule has 0 atom stereocenters. The van der Waals surface area contributed by atoms with E-state index < -0.39 is 0 Å². The van der Waals surface area contributed by atoms with Gasteiger partial charge in [-0.1, -0.05) is 12.1 Å². The molecule has 0 unspecified atom stereocenters. The molecule has 0 fully saturated rings. The number of ketones is 1. The van der Waals surface area contributed by atoms with Crippen LogP contribution in [0.2, 0.25) is 0 Å². The van der Waals surface area contributed by atoms with E-state index in [2.05, 4.69) is 0 Å². The second-order valence-electron chi connectivity index (χ2n) is 3.03. The SMILES string of the molecule is O=C(CCl)c1cc(=O)c2ccccc2o1. The minimum absolute atomic E-state index is 0.00806. The van der Waals surface area contributed by atoms with Crippen LogP contribution in [-0.4, -0.2) is 11.7 Å². The fraction of sp³-hybridized carbons (Fsp3) is 0.0909. The number of hydrogen-bond acceptors (Lipinski definition) is 3. The van der Waals surface area contributed by atoms with Gasteiger partial charge in [-0.3, -0.25) is 9.59 Å². The number of benzene rings is 1. The Labute approximate surface area is 90.3 Å². The lowest BCUT2D eigenvalue weighted by molar-refractivity contribution is 0.0991. The summed E-state index contributed by atoms with van der Waals surface area (Å²) in [5.74, 6) is -0.574. The van der Waals surface area contributed by atoms with Crippen LogP contribution in [0.3, 0.4) is 0 Å². The smallest absolute Gasteiger partial charge is 0.212 e. The zero-order chi connectivity index (χ0) is 10.8. The van der Waals surface area contributed by atoms with Gasteiger partial charge in [0.2, 0.25) is 5.78 Å². The standard InChI is InChI=1S/C11H7ClO3/c12-6-9(14)11-5-8(13)7-3-1-2-4-10(7)15-11/h1-5H,6H2. The normalized spacial score (nSPS) is 10.5. The lowest BCUT2D eigenvalue weighted by Gasteiger charge is -1.99. The first-order chi connectivity index (χ1) is 7.22. The molecule has 0 aliphatic rings. The van der Waals surface area contributed by atoms with Gasteiger partial charge in [0.05, 0.1) is 11.3 Å². The summed E-state index contributed by atoms with van der Waals surface area (Å²) in [6, 6.07) is 7.94. The van der Waals surface area contributed by atoms with E-state index in [0.717, 1.165) is 0 Å². The second kappa shape index (κ2) is 3.87. The number of carbonyl (C=O) groups is 1. The molecular formula is C11H7ClO3. The molecule has 1 aromatic carbocycles. The van der Waals surface area contributed by atoms with Gasteiger partial charge in [0, 0.05) is 6.07 Å². The molecule has 0 aliphatic heterocycles. The third-order valence-corrected chi connectivity index (χ3v) is 2.27. The molecular weight excluding hydrogens is 216 g/mol. The highest BCUT2D eigenvalue weighted by atomic mass is 35.5. The average Bonchev–Trinajstić information content (AvgIpc) is 2.28. The molecule has 0 saturated heterocycles. The Morgan fingerprint density at radius 1 is 1.33 bits per heavy atom. The van der Waals surface area contributed by atoms with Crippen molar-refractivity contribution >= 4 is 28.4 Å². The third-order valence-electron chi connectivity index (χ3n) is 2.03. The van der Waals surface area contributed by atoms with Crippen molar-refractivity contribution in [2.45, 2.75) is 0 Å². The molecule has 0 bridgehead atoms. The Morgan fingerprint density at radius 3 is 2.80 bits per heavy atom. The molecule has 0 saturated carbocycles. The fourth-order valence-electron chi connectivity index (χ4n) is 1.31. The number of hydrogen-bond donors (Lipinski definition) is 0. The minimum Gasteiger partial charge on any atom is -0.453 e. The Morgan fingerprint density at radius 2 is 2.07 bits per heavy atom. The van der Waals surface area contributed by atoms with Crippen LogP contribution >= 0.6 is 11.6 Å². The van der Waals surface area contributed by atoms with Gasteiger partial charge in [-0.2, -0.15) is 0 Å². The molecule has 76 valence electrons. The van der Waals surface area contributed by atoms with Crippen molar-refractivity contribution in [3.05, 3.63) is 46.3 Å². The summed E-state index contributed by atoms with van der Waals surface area (Å²) in [5.41, 5.74) is 0.170. The molecule has 0 spiro atoms. The Kier molecular flexibility index (Phi) is 2.56. The van der Waals surface area contributed by atoms with Gasteiger partial charge in [0.25, 0.3) is 0 Å². The number of carbonyl (C=O) groups excluding carboxylic acids is 1. The van der Waals surface area contributed by atoms with Crippen molar-refractivity contribution in [1.82, 2.24) is 0 Å². The van der Waals surface area contributed by atoms with Crippen LogP contribution in [-0.2, 0) is 0 Å². The molecule has 0 aliphatic carbocycles.